The van der Waals surface area contributed by atoms with Crippen LogP contribution in [0.15, 0.2) is 75.6 Å². The number of para-hydroxylation sites is 2. The molecule has 0 aliphatic heterocycles. The van der Waals surface area contributed by atoms with E-state index in [0.717, 1.165) is 16.9 Å². The van der Waals surface area contributed by atoms with Crippen molar-refractivity contribution in [1.29, 1.82) is 0 Å². The van der Waals surface area contributed by atoms with Crippen molar-refractivity contribution in [3.63, 3.8) is 0 Å². The molecule has 192 valence electrons. The Labute approximate surface area is 218 Å². The molecule has 9 heteroatoms. The average Bonchev–Trinajstić information content (AvgIpc) is 3.43. The van der Waals surface area contributed by atoms with Gasteiger partial charge in [0.1, 0.15) is 6.54 Å². The normalized spacial score (nSPS) is 10.9. The summed E-state index contributed by atoms with van der Waals surface area (Å²) < 4.78 is 2.51. The fourth-order valence-electron chi connectivity index (χ4n) is 4.25. The summed E-state index contributed by atoms with van der Waals surface area (Å²) in [6.07, 6.45) is 2.08. The molecule has 2 aromatic heterocycles. The summed E-state index contributed by atoms with van der Waals surface area (Å²) in [6.45, 7) is 2.45. The molecule has 37 heavy (non-hydrogen) atoms. The van der Waals surface area contributed by atoms with Gasteiger partial charge in [-0.15, -0.1) is 11.3 Å². The highest BCUT2D eigenvalue weighted by Crippen LogP contribution is 2.16. The van der Waals surface area contributed by atoms with Crippen molar-refractivity contribution >= 4 is 39.7 Å². The molecule has 2 N–H and O–H groups in total. The molecule has 0 saturated heterocycles. The number of rotatable bonds is 11. The van der Waals surface area contributed by atoms with Crippen LogP contribution < -0.4 is 21.9 Å². The van der Waals surface area contributed by atoms with Crippen LogP contribution in [0, 0.1) is 0 Å². The quantitative estimate of drug-likeness (QED) is 0.294. The van der Waals surface area contributed by atoms with Gasteiger partial charge in [-0.2, -0.15) is 0 Å². The van der Waals surface area contributed by atoms with Crippen LogP contribution in [0.25, 0.3) is 10.9 Å². The van der Waals surface area contributed by atoms with Gasteiger partial charge in [-0.1, -0.05) is 43.3 Å². The maximum Gasteiger partial charge on any atom is 0.331 e. The molecule has 4 rings (SSSR count). The molecule has 2 aromatic carbocycles. The molecular formula is C28H30N4O4S. The van der Waals surface area contributed by atoms with Crippen molar-refractivity contribution in [3.05, 3.63) is 97.3 Å². The summed E-state index contributed by atoms with van der Waals surface area (Å²) in [5, 5.41) is 8.11. The third kappa shape index (κ3) is 6.42. The third-order valence-electron chi connectivity index (χ3n) is 6.18. The van der Waals surface area contributed by atoms with E-state index in [4.69, 9.17) is 0 Å². The number of hydrogen-bond acceptors (Lipinski definition) is 5. The molecule has 0 saturated carbocycles. The Morgan fingerprint density at radius 3 is 2.46 bits per heavy atom. The number of carbonyl (C=O) groups excluding carboxylic acids is 2. The first-order chi connectivity index (χ1) is 18.0. The molecule has 2 amide bonds. The van der Waals surface area contributed by atoms with E-state index >= 15 is 0 Å². The summed E-state index contributed by atoms with van der Waals surface area (Å²) in [6, 6.07) is 18.2. The smallest absolute Gasteiger partial charge is 0.331 e. The van der Waals surface area contributed by atoms with Gasteiger partial charge >= 0.3 is 5.69 Å². The zero-order chi connectivity index (χ0) is 26.2. The third-order valence-corrected chi connectivity index (χ3v) is 7.06. The second kappa shape index (κ2) is 12.3. The van der Waals surface area contributed by atoms with E-state index in [1.807, 2.05) is 48.7 Å². The van der Waals surface area contributed by atoms with Crippen molar-refractivity contribution < 1.29 is 9.59 Å². The van der Waals surface area contributed by atoms with E-state index in [0.29, 0.717) is 42.4 Å². The minimum absolute atomic E-state index is 0.0688. The lowest BCUT2D eigenvalue weighted by Crippen LogP contribution is -2.41. The molecule has 0 fully saturated rings. The molecule has 2 heterocycles. The summed E-state index contributed by atoms with van der Waals surface area (Å²) in [5.74, 6) is -0.415. The molecule has 0 radical (unpaired) electrons. The first-order valence-corrected chi connectivity index (χ1v) is 13.2. The SMILES string of the molecule is CCc1ccccc1NC(=O)Cn1c(=O)n(CCCCC(=O)NCc2cccs2)c(=O)c2ccccc21. The second-order valence-electron chi connectivity index (χ2n) is 8.71. The number of benzene rings is 2. The van der Waals surface area contributed by atoms with Gasteiger partial charge in [-0.05, 0) is 54.5 Å². The Kier molecular flexibility index (Phi) is 8.68. The van der Waals surface area contributed by atoms with E-state index in [1.54, 1.807) is 35.6 Å². The number of hydrogen-bond donors (Lipinski definition) is 2. The Morgan fingerprint density at radius 1 is 0.892 bits per heavy atom. The first kappa shape index (κ1) is 26.1. The fourth-order valence-corrected chi connectivity index (χ4v) is 4.89. The molecular weight excluding hydrogens is 488 g/mol. The Balaban J connectivity index is 1.46. The lowest BCUT2D eigenvalue weighted by molar-refractivity contribution is -0.121. The van der Waals surface area contributed by atoms with Gasteiger partial charge < -0.3 is 10.6 Å². The van der Waals surface area contributed by atoms with Gasteiger partial charge in [0.15, 0.2) is 0 Å². The van der Waals surface area contributed by atoms with E-state index in [2.05, 4.69) is 10.6 Å². The second-order valence-corrected chi connectivity index (χ2v) is 9.75. The average molecular weight is 519 g/mol. The predicted molar refractivity (Wildman–Crippen MR) is 147 cm³/mol. The Bertz CT molecular complexity index is 1500. The number of nitrogens with one attached hydrogen (secondary N) is 2. The maximum atomic E-state index is 13.3. The summed E-state index contributed by atoms with van der Waals surface area (Å²) in [5.41, 5.74) is 1.19. The van der Waals surface area contributed by atoms with Crippen LogP contribution in [0.4, 0.5) is 5.69 Å². The number of anilines is 1. The van der Waals surface area contributed by atoms with E-state index < -0.39 is 11.2 Å². The van der Waals surface area contributed by atoms with E-state index in [9.17, 15) is 19.2 Å². The van der Waals surface area contributed by atoms with Gasteiger partial charge in [0.05, 0.1) is 17.4 Å². The van der Waals surface area contributed by atoms with Crippen molar-refractivity contribution in [3.8, 4) is 0 Å². The van der Waals surface area contributed by atoms with Crippen LogP contribution in [0.2, 0.25) is 0 Å². The van der Waals surface area contributed by atoms with Crippen LogP contribution >= 0.6 is 11.3 Å². The molecule has 0 aliphatic rings. The Hall–Kier alpha value is -3.98. The van der Waals surface area contributed by atoms with E-state index in [-0.39, 0.29) is 24.9 Å². The van der Waals surface area contributed by atoms with Gasteiger partial charge in [0, 0.05) is 23.5 Å². The standard InChI is InChI=1S/C28H30N4O4S/c1-2-20-10-3-5-13-23(20)30-26(34)19-32-24-14-6-4-12-22(24)27(35)31(28(32)36)16-8-7-15-25(33)29-18-21-11-9-17-37-21/h3-6,9-14,17H,2,7-8,15-16,18-19H2,1H3,(H,29,33)(H,30,34). The number of nitrogens with zero attached hydrogens (tertiary/aromatic N) is 2. The number of amides is 2. The summed E-state index contributed by atoms with van der Waals surface area (Å²) in [4.78, 5) is 52.6. The van der Waals surface area contributed by atoms with Gasteiger partial charge in [0.25, 0.3) is 5.56 Å². The topological polar surface area (TPSA) is 102 Å². The minimum atomic E-state index is -0.537. The molecule has 0 aliphatic carbocycles. The van der Waals surface area contributed by atoms with Crippen molar-refractivity contribution in [2.75, 3.05) is 5.32 Å². The molecule has 0 spiro atoms. The number of aromatic nitrogens is 2. The van der Waals surface area contributed by atoms with E-state index in [1.165, 1.54) is 9.13 Å². The highest BCUT2D eigenvalue weighted by Gasteiger charge is 2.16. The fraction of sp³-hybridized carbons (Fsp3) is 0.286. The van der Waals surface area contributed by atoms with Gasteiger partial charge in [0.2, 0.25) is 11.8 Å². The first-order valence-electron chi connectivity index (χ1n) is 12.4. The van der Waals surface area contributed by atoms with Crippen molar-refractivity contribution in [1.82, 2.24) is 14.5 Å². The molecule has 0 unspecified atom stereocenters. The monoisotopic (exact) mass is 518 g/mol. The Morgan fingerprint density at radius 2 is 1.68 bits per heavy atom. The molecule has 8 nitrogen and oxygen atoms in total. The molecule has 0 atom stereocenters. The number of unbranched alkanes of at least 4 members (excludes halogenated alkanes) is 1. The van der Waals surface area contributed by atoms with Gasteiger partial charge in [-0.25, -0.2) is 4.79 Å². The number of carbonyl (C=O) groups is 2. The van der Waals surface area contributed by atoms with Crippen LogP contribution in [0.3, 0.4) is 0 Å². The van der Waals surface area contributed by atoms with Crippen LogP contribution in [0.5, 0.6) is 0 Å². The molecule has 0 bridgehead atoms. The summed E-state index contributed by atoms with van der Waals surface area (Å²) >= 11 is 1.58. The van der Waals surface area contributed by atoms with Gasteiger partial charge in [-0.3, -0.25) is 23.5 Å². The maximum absolute atomic E-state index is 13.3. The number of thiophene rings is 1. The zero-order valence-corrected chi connectivity index (χ0v) is 21.6. The highest BCUT2D eigenvalue weighted by molar-refractivity contribution is 7.09. The lowest BCUT2D eigenvalue weighted by atomic mass is 10.1. The lowest BCUT2D eigenvalue weighted by Gasteiger charge is -2.15. The minimum Gasteiger partial charge on any atom is -0.351 e. The largest absolute Gasteiger partial charge is 0.351 e. The van der Waals surface area contributed by atoms with Crippen LogP contribution in [-0.2, 0) is 35.6 Å². The van der Waals surface area contributed by atoms with Crippen molar-refractivity contribution in [2.24, 2.45) is 0 Å². The number of aryl methyl sites for hydroxylation is 1. The summed E-state index contributed by atoms with van der Waals surface area (Å²) in [7, 11) is 0. The van der Waals surface area contributed by atoms with Crippen LogP contribution in [0.1, 0.15) is 36.6 Å². The highest BCUT2D eigenvalue weighted by atomic mass is 32.1. The predicted octanol–water partition coefficient (Wildman–Crippen LogP) is 3.91. The zero-order valence-electron chi connectivity index (χ0n) is 20.7. The molecule has 4 aromatic rings. The van der Waals surface area contributed by atoms with Crippen molar-refractivity contribution in [2.45, 2.75) is 52.2 Å². The van der Waals surface area contributed by atoms with Crippen LogP contribution in [-0.4, -0.2) is 20.9 Å². The number of fused-ring (bicyclic) bond motifs is 1.